The van der Waals surface area contributed by atoms with Crippen LogP contribution in [0.3, 0.4) is 0 Å². The first-order valence-electron chi connectivity index (χ1n) is 3.66. The number of primary amides is 1. The van der Waals surface area contributed by atoms with Crippen molar-refractivity contribution < 1.29 is 13.6 Å². The Bertz CT molecular complexity index is 147. The molecule has 0 aromatic heterocycles. The largest absolute Gasteiger partial charge is 0.370 e. The second-order valence-corrected chi connectivity index (χ2v) is 3.87. The first-order chi connectivity index (χ1) is 5.42. The fraction of sp³-hybridized carbons (Fsp3) is 0.857. The minimum atomic E-state index is -2.60. The third-order valence-electron chi connectivity index (χ3n) is 1.18. The number of hydrogen-bond acceptors (Lipinski definition) is 2. The normalized spacial score (nSPS) is 11.6. The molecule has 0 aromatic rings. The van der Waals surface area contributed by atoms with Crippen LogP contribution in [0, 0.1) is 0 Å². The van der Waals surface area contributed by atoms with E-state index in [-0.39, 0.29) is 18.7 Å². The van der Waals surface area contributed by atoms with Crippen LogP contribution in [0.25, 0.3) is 0 Å². The molecule has 0 fully saturated rings. The number of thioether (sulfide) groups is 1. The Balaban J connectivity index is 3.17. The van der Waals surface area contributed by atoms with Gasteiger partial charge >= 0.3 is 0 Å². The molecule has 1 amide bonds. The average Bonchev–Trinajstić information content (AvgIpc) is 1.83. The lowest BCUT2D eigenvalue weighted by atomic mass is 10.3. The van der Waals surface area contributed by atoms with Gasteiger partial charge in [-0.05, 0) is 12.7 Å². The Hall–Kier alpha value is -0.320. The van der Waals surface area contributed by atoms with Gasteiger partial charge in [0.25, 0.3) is 0 Å². The van der Waals surface area contributed by atoms with Crippen LogP contribution in [-0.2, 0) is 4.79 Å². The summed E-state index contributed by atoms with van der Waals surface area (Å²) < 4.78 is 24.4. The van der Waals surface area contributed by atoms with Crippen LogP contribution in [0.4, 0.5) is 8.78 Å². The summed E-state index contributed by atoms with van der Waals surface area (Å²) in [6, 6.07) is 0. The summed E-state index contributed by atoms with van der Waals surface area (Å²) in [6.07, 6.45) is 0.121. The van der Waals surface area contributed by atoms with Crippen molar-refractivity contribution in [3.05, 3.63) is 0 Å². The van der Waals surface area contributed by atoms with Crippen LogP contribution in [0.2, 0.25) is 0 Å². The summed E-state index contributed by atoms with van der Waals surface area (Å²) in [4.78, 5) is 10.2. The molecule has 0 radical (unpaired) electrons. The zero-order valence-electron chi connectivity index (χ0n) is 6.98. The lowest BCUT2D eigenvalue weighted by molar-refractivity contribution is -0.117. The van der Waals surface area contributed by atoms with Crippen molar-refractivity contribution >= 4 is 17.7 Å². The summed E-state index contributed by atoms with van der Waals surface area (Å²) in [5.41, 5.74) is 4.86. The van der Waals surface area contributed by atoms with Crippen molar-refractivity contribution in [2.75, 3.05) is 11.5 Å². The molecule has 0 bridgehead atoms. The molecular weight excluding hydrogens is 184 g/mol. The van der Waals surface area contributed by atoms with E-state index >= 15 is 0 Å². The molecular formula is C7H13F2NOS. The molecule has 0 aliphatic rings. The van der Waals surface area contributed by atoms with Crippen molar-refractivity contribution in [1.29, 1.82) is 0 Å². The molecule has 0 saturated carbocycles. The third kappa shape index (κ3) is 9.68. The minimum absolute atomic E-state index is 0.142. The van der Waals surface area contributed by atoms with E-state index in [1.54, 1.807) is 0 Å². The van der Waals surface area contributed by atoms with Gasteiger partial charge in [0, 0.05) is 18.6 Å². The molecule has 5 heteroatoms. The topological polar surface area (TPSA) is 43.1 Å². The van der Waals surface area contributed by atoms with E-state index in [1.165, 1.54) is 11.8 Å². The third-order valence-corrected chi connectivity index (χ3v) is 2.16. The predicted molar refractivity (Wildman–Crippen MR) is 46.4 cm³/mol. The fourth-order valence-electron chi connectivity index (χ4n) is 0.526. The van der Waals surface area contributed by atoms with Crippen molar-refractivity contribution in [2.45, 2.75) is 25.7 Å². The summed E-state index contributed by atoms with van der Waals surface area (Å²) in [5, 5.41) is 0. The molecule has 72 valence electrons. The first-order valence-corrected chi connectivity index (χ1v) is 4.81. The Morgan fingerprint density at radius 2 is 2.08 bits per heavy atom. The van der Waals surface area contributed by atoms with Crippen molar-refractivity contribution in [2.24, 2.45) is 5.73 Å². The van der Waals surface area contributed by atoms with Crippen molar-refractivity contribution in [1.82, 2.24) is 0 Å². The first kappa shape index (κ1) is 11.7. The van der Waals surface area contributed by atoms with Crippen LogP contribution < -0.4 is 5.73 Å². The van der Waals surface area contributed by atoms with Gasteiger partial charge in [0.2, 0.25) is 11.8 Å². The smallest absolute Gasteiger partial charge is 0.246 e. The number of carbonyl (C=O) groups excluding carboxylic acids is 1. The van der Waals surface area contributed by atoms with E-state index in [2.05, 4.69) is 0 Å². The lowest BCUT2D eigenvalue weighted by Crippen LogP contribution is -2.13. The van der Waals surface area contributed by atoms with Crippen LogP contribution in [0.15, 0.2) is 0 Å². The van der Waals surface area contributed by atoms with Crippen molar-refractivity contribution in [3.63, 3.8) is 0 Å². The number of carbonyl (C=O) groups is 1. The van der Waals surface area contributed by atoms with Gasteiger partial charge in [-0.2, -0.15) is 11.8 Å². The van der Waals surface area contributed by atoms with Gasteiger partial charge in [-0.25, -0.2) is 8.78 Å². The van der Waals surface area contributed by atoms with Gasteiger partial charge < -0.3 is 5.73 Å². The second-order valence-electron chi connectivity index (χ2n) is 2.65. The maximum atomic E-state index is 12.2. The van der Waals surface area contributed by atoms with Gasteiger partial charge in [-0.3, -0.25) is 4.79 Å². The molecule has 12 heavy (non-hydrogen) atoms. The van der Waals surface area contributed by atoms with E-state index in [1.807, 2.05) is 0 Å². The molecule has 2 nitrogen and oxygen atoms in total. The van der Waals surface area contributed by atoms with Gasteiger partial charge in [0.15, 0.2) is 0 Å². The Morgan fingerprint density at radius 1 is 1.50 bits per heavy atom. The highest BCUT2D eigenvalue weighted by Gasteiger charge is 2.19. The van der Waals surface area contributed by atoms with Crippen LogP contribution in [0.5, 0.6) is 0 Å². The van der Waals surface area contributed by atoms with E-state index < -0.39 is 5.92 Å². The molecule has 0 heterocycles. The van der Waals surface area contributed by atoms with Crippen LogP contribution in [0.1, 0.15) is 19.8 Å². The Kier molecular flexibility index (Phi) is 5.20. The highest BCUT2D eigenvalue weighted by Crippen LogP contribution is 2.19. The molecule has 0 aliphatic heterocycles. The van der Waals surface area contributed by atoms with E-state index in [4.69, 9.17) is 5.73 Å². The lowest BCUT2D eigenvalue weighted by Gasteiger charge is -2.08. The standard InChI is InChI=1S/C7H13F2NOS/c1-7(8,9)3-5-12-4-2-6(10)11/h2-5H2,1H3,(H2,10,11). The maximum Gasteiger partial charge on any atom is 0.246 e. The number of amides is 1. The predicted octanol–water partition coefficient (Wildman–Crippen LogP) is 1.64. The molecule has 0 saturated heterocycles. The zero-order valence-corrected chi connectivity index (χ0v) is 7.79. The summed E-state index contributed by atoms with van der Waals surface area (Å²) in [5.74, 6) is -2.08. The van der Waals surface area contributed by atoms with Crippen molar-refractivity contribution in [3.8, 4) is 0 Å². The van der Waals surface area contributed by atoms with Gasteiger partial charge in [-0.15, -0.1) is 0 Å². The molecule has 0 aromatic carbocycles. The molecule has 0 aliphatic carbocycles. The van der Waals surface area contributed by atoms with Gasteiger partial charge in [0.05, 0.1) is 0 Å². The maximum absolute atomic E-state index is 12.2. The highest BCUT2D eigenvalue weighted by molar-refractivity contribution is 7.99. The average molecular weight is 197 g/mol. The quantitative estimate of drug-likeness (QED) is 0.658. The van der Waals surface area contributed by atoms with Crippen LogP contribution in [-0.4, -0.2) is 23.3 Å². The number of rotatable bonds is 6. The number of alkyl halides is 2. The minimum Gasteiger partial charge on any atom is -0.370 e. The zero-order chi connectivity index (χ0) is 9.61. The number of halogens is 2. The van der Waals surface area contributed by atoms with Gasteiger partial charge in [-0.1, -0.05) is 0 Å². The summed E-state index contributed by atoms with van der Waals surface area (Å²) in [6.45, 7) is 0.891. The number of nitrogens with two attached hydrogens (primary N) is 1. The molecule has 0 rings (SSSR count). The SMILES string of the molecule is CC(F)(F)CCSCCC(N)=O. The molecule has 0 unspecified atom stereocenters. The summed E-state index contributed by atoms with van der Waals surface area (Å²) in [7, 11) is 0. The Morgan fingerprint density at radius 3 is 2.50 bits per heavy atom. The highest BCUT2D eigenvalue weighted by atomic mass is 32.2. The molecule has 0 atom stereocenters. The Labute approximate surface area is 74.9 Å². The van der Waals surface area contributed by atoms with Gasteiger partial charge in [0.1, 0.15) is 0 Å². The molecule has 0 spiro atoms. The van der Waals surface area contributed by atoms with E-state index in [0.717, 1.165) is 6.92 Å². The number of hydrogen-bond donors (Lipinski definition) is 1. The van der Waals surface area contributed by atoms with E-state index in [9.17, 15) is 13.6 Å². The van der Waals surface area contributed by atoms with Crippen LogP contribution >= 0.6 is 11.8 Å². The monoisotopic (exact) mass is 197 g/mol. The second kappa shape index (κ2) is 5.35. The van der Waals surface area contributed by atoms with E-state index in [0.29, 0.717) is 11.5 Å². The fourth-order valence-corrected chi connectivity index (χ4v) is 1.58. The molecule has 2 N–H and O–H groups in total. The summed E-state index contributed by atoms with van der Waals surface area (Å²) >= 11 is 1.33.